The van der Waals surface area contributed by atoms with E-state index in [9.17, 15) is 19.2 Å². The summed E-state index contributed by atoms with van der Waals surface area (Å²) in [5.41, 5.74) is 1.99. The maximum atomic E-state index is 13.9. The van der Waals surface area contributed by atoms with Gasteiger partial charge in [-0.05, 0) is 29.7 Å². The summed E-state index contributed by atoms with van der Waals surface area (Å²) >= 11 is 0. The maximum absolute atomic E-state index is 13.9. The van der Waals surface area contributed by atoms with E-state index in [1.807, 2.05) is 30.3 Å². The van der Waals surface area contributed by atoms with Crippen LogP contribution in [0, 0.1) is 23.1 Å². The van der Waals surface area contributed by atoms with Gasteiger partial charge in [-0.25, -0.2) is 4.39 Å². The molecule has 0 spiro atoms. The fraction of sp³-hybridized carbons (Fsp3) is 0.318. The van der Waals surface area contributed by atoms with E-state index >= 15 is 0 Å². The Balaban J connectivity index is 1.72. The molecule has 5 nitrogen and oxygen atoms in total. The van der Waals surface area contributed by atoms with E-state index in [1.54, 1.807) is 11.0 Å². The van der Waals surface area contributed by atoms with Crippen LogP contribution in [-0.2, 0) is 9.59 Å². The topological polar surface area (TPSA) is 73.2 Å². The number of nitriles is 1. The van der Waals surface area contributed by atoms with Crippen molar-refractivity contribution < 1.29 is 14.0 Å². The molecule has 6 heteroatoms. The molecular formula is C22H22FN3O2. The van der Waals surface area contributed by atoms with Gasteiger partial charge in [-0.2, -0.15) is 5.26 Å². The predicted octanol–water partition coefficient (Wildman–Crippen LogP) is 3.68. The molecule has 1 aliphatic heterocycles. The zero-order valence-corrected chi connectivity index (χ0v) is 15.9. The molecule has 2 amide bonds. The minimum absolute atomic E-state index is 0.0627. The van der Waals surface area contributed by atoms with Crippen LogP contribution in [0.3, 0.4) is 0 Å². The SMILES string of the molecule is CC(C)c1cccc(N2CC(C(=O)NC(C#N)c3ccccc3F)CC2=O)c1. The minimum atomic E-state index is -1.10. The number of benzene rings is 2. The molecular weight excluding hydrogens is 357 g/mol. The minimum Gasteiger partial charge on any atom is -0.336 e. The molecule has 1 fully saturated rings. The lowest BCUT2D eigenvalue weighted by Gasteiger charge is -2.19. The lowest BCUT2D eigenvalue weighted by atomic mass is 10.0. The number of amides is 2. The second-order valence-electron chi connectivity index (χ2n) is 7.25. The van der Waals surface area contributed by atoms with Crippen LogP contribution >= 0.6 is 0 Å². The van der Waals surface area contributed by atoms with Crippen LogP contribution in [0.1, 0.15) is 43.4 Å². The van der Waals surface area contributed by atoms with Gasteiger partial charge in [-0.1, -0.05) is 44.2 Å². The van der Waals surface area contributed by atoms with Crippen molar-refractivity contribution in [1.82, 2.24) is 5.32 Å². The van der Waals surface area contributed by atoms with Gasteiger partial charge in [0.25, 0.3) is 0 Å². The first-order valence-electron chi connectivity index (χ1n) is 9.25. The van der Waals surface area contributed by atoms with Gasteiger partial charge < -0.3 is 10.2 Å². The Morgan fingerprint density at radius 2 is 2.00 bits per heavy atom. The average molecular weight is 379 g/mol. The lowest BCUT2D eigenvalue weighted by Crippen LogP contribution is -2.35. The van der Waals surface area contributed by atoms with Crippen molar-refractivity contribution in [2.45, 2.75) is 32.2 Å². The Kier molecular flexibility index (Phi) is 5.74. The molecule has 0 radical (unpaired) electrons. The summed E-state index contributed by atoms with van der Waals surface area (Å²) in [6, 6.07) is 14.4. The van der Waals surface area contributed by atoms with E-state index in [4.69, 9.17) is 0 Å². The first-order chi connectivity index (χ1) is 13.4. The summed E-state index contributed by atoms with van der Waals surface area (Å²) in [5.74, 6) is -1.37. The molecule has 2 aromatic rings. The summed E-state index contributed by atoms with van der Waals surface area (Å²) in [5, 5.41) is 11.9. The number of halogens is 1. The Morgan fingerprint density at radius 1 is 1.25 bits per heavy atom. The van der Waals surface area contributed by atoms with Crippen molar-refractivity contribution in [2.24, 2.45) is 5.92 Å². The smallest absolute Gasteiger partial charge is 0.227 e. The summed E-state index contributed by atoms with van der Waals surface area (Å²) in [6.45, 7) is 4.39. The highest BCUT2D eigenvalue weighted by Gasteiger charge is 2.36. The van der Waals surface area contributed by atoms with Crippen LogP contribution in [0.4, 0.5) is 10.1 Å². The Hall–Kier alpha value is -3.20. The van der Waals surface area contributed by atoms with Crippen molar-refractivity contribution in [3.05, 3.63) is 65.5 Å². The van der Waals surface area contributed by atoms with Crippen LogP contribution in [0.5, 0.6) is 0 Å². The standard InChI is InChI=1S/C22H22FN3O2/c1-14(2)15-6-5-7-17(10-15)26-13-16(11-21(26)27)22(28)25-20(12-24)18-8-3-4-9-19(18)23/h3-10,14,16,20H,11,13H2,1-2H3,(H,25,28). The molecule has 1 saturated heterocycles. The number of carbonyl (C=O) groups is 2. The van der Waals surface area contributed by atoms with Crippen molar-refractivity contribution in [3.8, 4) is 6.07 Å². The van der Waals surface area contributed by atoms with E-state index in [-0.39, 0.29) is 24.4 Å². The molecule has 1 heterocycles. The summed E-state index contributed by atoms with van der Waals surface area (Å²) in [4.78, 5) is 26.7. The zero-order chi connectivity index (χ0) is 20.3. The average Bonchev–Trinajstić information content (AvgIpc) is 3.08. The number of nitrogens with zero attached hydrogens (tertiary/aromatic N) is 2. The lowest BCUT2D eigenvalue weighted by molar-refractivity contribution is -0.126. The molecule has 1 aliphatic rings. The van der Waals surface area contributed by atoms with Gasteiger partial charge in [0.05, 0.1) is 12.0 Å². The van der Waals surface area contributed by atoms with E-state index in [2.05, 4.69) is 19.2 Å². The molecule has 28 heavy (non-hydrogen) atoms. The van der Waals surface area contributed by atoms with Gasteiger partial charge in [0.1, 0.15) is 11.9 Å². The number of rotatable bonds is 5. The van der Waals surface area contributed by atoms with E-state index in [0.717, 1.165) is 11.3 Å². The Morgan fingerprint density at radius 3 is 2.68 bits per heavy atom. The number of hydrogen-bond acceptors (Lipinski definition) is 3. The predicted molar refractivity (Wildman–Crippen MR) is 104 cm³/mol. The van der Waals surface area contributed by atoms with Gasteiger partial charge in [0, 0.05) is 24.2 Å². The van der Waals surface area contributed by atoms with Crippen molar-refractivity contribution in [3.63, 3.8) is 0 Å². The van der Waals surface area contributed by atoms with Gasteiger partial charge in [-0.15, -0.1) is 0 Å². The first-order valence-corrected chi connectivity index (χ1v) is 9.25. The fourth-order valence-electron chi connectivity index (χ4n) is 3.33. The highest BCUT2D eigenvalue weighted by atomic mass is 19.1. The van der Waals surface area contributed by atoms with E-state index in [1.165, 1.54) is 18.2 Å². The number of nitrogens with one attached hydrogen (secondary N) is 1. The molecule has 1 N–H and O–H groups in total. The zero-order valence-electron chi connectivity index (χ0n) is 15.9. The largest absolute Gasteiger partial charge is 0.336 e. The van der Waals surface area contributed by atoms with Crippen LogP contribution in [0.2, 0.25) is 0 Å². The van der Waals surface area contributed by atoms with Gasteiger partial charge >= 0.3 is 0 Å². The Bertz CT molecular complexity index is 935. The maximum Gasteiger partial charge on any atom is 0.227 e. The van der Waals surface area contributed by atoms with Gasteiger partial charge in [0.2, 0.25) is 11.8 Å². The summed E-state index contributed by atoms with van der Waals surface area (Å²) < 4.78 is 13.9. The third-order valence-electron chi connectivity index (χ3n) is 4.98. The fourth-order valence-corrected chi connectivity index (χ4v) is 3.33. The van der Waals surface area contributed by atoms with E-state index < -0.39 is 23.7 Å². The third kappa shape index (κ3) is 4.04. The number of anilines is 1. The second-order valence-corrected chi connectivity index (χ2v) is 7.25. The molecule has 2 atom stereocenters. The van der Waals surface area contributed by atoms with Crippen molar-refractivity contribution in [2.75, 3.05) is 11.4 Å². The van der Waals surface area contributed by atoms with Crippen LogP contribution in [0.25, 0.3) is 0 Å². The molecule has 2 aromatic carbocycles. The van der Waals surface area contributed by atoms with Gasteiger partial charge in [0.15, 0.2) is 0 Å². The summed E-state index contributed by atoms with van der Waals surface area (Å²) in [6.07, 6.45) is 0.0627. The molecule has 0 aliphatic carbocycles. The highest BCUT2D eigenvalue weighted by molar-refractivity contribution is 6.00. The normalized spacial score (nSPS) is 17.5. The van der Waals surface area contributed by atoms with Crippen LogP contribution < -0.4 is 10.2 Å². The van der Waals surface area contributed by atoms with Crippen LogP contribution in [0.15, 0.2) is 48.5 Å². The first kappa shape index (κ1) is 19.6. The van der Waals surface area contributed by atoms with Crippen molar-refractivity contribution in [1.29, 1.82) is 5.26 Å². The van der Waals surface area contributed by atoms with Crippen molar-refractivity contribution >= 4 is 17.5 Å². The van der Waals surface area contributed by atoms with E-state index in [0.29, 0.717) is 5.92 Å². The van der Waals surface area contributed by atoms with Crippen LogP contribution in [-0.4, -0.2) is 18.4 Å². The third-order valence-corrected chi connectivity index (χ3v) is 4.98. The Labute approximate surface area is 163 Å². The molecule has 2 unspecified atom stereocenters. The number of hydrogen-bond donors (Lipinski definition) is 1. The number of carbonyl (C=O) groups excluding carboxylic acids is 2. The monoisotopic (exact) mass is 379 g/mol. The molecule has 3 rings (SSSR count). The quantitative estimate of drug-likeness (QED) is 0.861. The summed E-state index contributed by atoms with van der Waals surface area (Å²) in [7, 11) is 0. The highest BCUT2D eigenvalue weighted by Crippen LogP contribution is 2.28. The molecule has 0 saturated carbocycles. The molecule has 0 aromatic heterocycles. The second kappa shape index (κ2) is 8.22. The molecule has 144 valence electrons. The molecule has 0 bridgehead atoms. The van der Waals surface area contributed by atoms with Gasteiger partial charge in [-0.3, -0.25) is 9.59 Å².